The average Bonchev–Trinajstić information content (AvgIpc) is 3.11. The van der Waals surface area contributed by atoms with E-state index in [2.05, 4.69) is 20.8 Å². The smallest absolute Gasteiger partial charge is 0.252 e. The lowest BCUT2D eigenvalue weighted by Gasteiger charge is -2.20. The van der Waals surface area contributed by atoms with Crippen LogP contribution < -0.4 is 16.4 Å². The summed E-state index contributed by atoms with van der Waals surface area (Å²) in [6, 6.07) is 9.77. The average molecular weight is 331 g/mol. The van der Waals surface area contributed by atoms with Gasteiger partial charge in [0.15, 0.2) is 0 Å². The Morgan fingerprint density at radius 1 is 1.29 bits per heavy atom. The van der Waals surface area contributed by atoms with Crippen molar-refractivity contribution >= 4 is 17.6 Å². The summed E-state index contributed by atoms with van der Waals surface area (Å²) in [5.74, 6) is -0.242. The monoisotopic (exact) mass is 331 g/mol. The van der Waals surface area contributed by atoms with Crippen LogP contribution in [0.3, 0.4) is 0 Å². The number of nitrogens with zero attached hydrogens (tertiary/aromatic N) is 1. The molecule has 0 aliphatic heterocycles. The molecule has 0 spiro atoms. The number of methoxy groups -OCH3 is 1. The van der Waals surface area contributed by atoms with Crippen molar-refractivity contribution in [1.29, 1.82) is 0 Å². The van der Waals surface area contributed by atoms with Gasteiger partial charge in [-0.05, 0) is 5.56 Å². The number of anilines is 1. The third-order valence-electron chi connectivity index (χ3n) is 3.47. The molecule has 0 saturated carbocycles. The summed E-state index contributed by atoms with van der Waals surface area (Å²) in [5.41, 5.74) is 6.20. The van der Waals surface area contributed by atoms with E-state index in [1.54, 1.807) is 30.3 Å². The minimum atomic E-state index is -0.836. The lowest BCUT2D eigenvalue weighted by atomic mass is 10.1. The maximum absolute atomic E-state index is 12.5. The molecule has 8 heteroatoms. The Labute approximate surface area is 139 Å². The molecular weight excluding hydrogens is 310 g/mol. The van der Waals surface area contributed by atoms with E-state index in [1.807, 2.05) is 6.07 Å². The van der Waals surface area contributed by atoms with Crippen LogP contribution in [0, 0.1) is 0 Å². The summed E-state index contributed by atoms with van der Waals surface area (Å²) in [5, 5.41) is 11.8. The molecule has 0 fully saturated rings. The molecule has 1 aromatic carbocycles. The minimum absolute atomic E-state index is 0.0771. The molecule has 0 aliphatic carbocycles. The van der Waals surface area contributed by atoms with E-state index in [4.69, 9.17) is 10.5 Å². The van der Waals surface area contributed by atoms with Gasteiger partial charge in [0.1, 0.15) is 11.9 Å². The van der Waals surface area contributed by atoms with Gasteiger partial charge in [-0.15, -0.1) is 0 Å². The maximum atomic E-state index is 12.5. The number of benzene rings is 1. The molecule has 2 unspecified atom stereocenters. The van der Waals surface area contributed by atoms with Crippen LogP contribution in [0.4, 0.5) is 5.82 Å². The number of H-pyrrole nitrogens is 1. The number of carbonyl (C=O) groups is 2. The van der Waals surface area contributed by atoms with Gasteiger partial charge in [0.2, 0.25) is 5.91 Å². The topological polar surface area (TPSA) is 122 Å². The van der Waals surface area contributed by atoms with E-state index < -0.39 is 12.1 Å². The van der Waals surface area contributed by atoms with Gasteiger partial charge in [0.25, 0.3) is 5.91 Å². The number of ether oxygens (including phenoxy) is 1. The second-order valence-corrected chi connectivity index (χ2v) is 5.17. The number of amides is 2. The van der Waals surface area contributed by atoms with Crippen molar-refractivity contribution < 1.29 is 14.3 Å². The van der Waals surface area contributed by atoms with E-state index in [-0.39, 0.29) is 24.8 Å². The Balaban J connectivity index is 2.11. The molecule has 2 rings (SSSR count). The molecule has 24 heavy (non-hydrogen) atoms. The molecule has 1 aromatic heterocycles. The van der Waals surface area contributed by atoms with Gasteiger partial charge in [-0.25, -0.2) is 0 Å². The highest BCUT2D eigenvalue weighted by Crippen LogP contribution is 2.15. The van der Waals surface area contributed by atoms with Gasteiger partial charge in [-0.3, -0.25) is 14.7 Å². The lowest BCUT2D eigenvalue weighted by Crippen LogP contribution is -2.39. The fraction of sp³-hybridized carbons (Fsp3) is 0.312. The van der Waals surface area contributed by atoms with E-state index >= 15 is 0 Å². The van der Waals surface area contributed by atoms with Crippen molar-refractivity contribution in [3.63, 3.8) is 0 Å². The maximum Gasteiger partial charge on any atom is 0.252 e. The highest BCUT2D eigenvalue weighted by atomic mass is 16.5. The predicted octanol–water partition coefficient (Wildman–Crippen LogP) is 0.570. The van der Waals surface area contributed by atoms with Gasteiger partial charge < -0.3 is 21.1 Å². The molecule has 0 saturated heterocycles. The van der Waals surface area contributed by atoms with Crippen molar-refractivity contribution in [3.05, 3.63) is 48.2 Å². The molecular formula is C16H21N5O3. The summed E-state index contributed by atoms with van der Waals surface area (Å²) in [7, 11) is 1.49. The first-order chi connectivity index (χ1) is 11.6. The van der Waals surface area contributed by atoms with Crippen molar-refractivity contribution in [1.82, 2.24) is 15.5 Å². The highest BCUT2D eigenvalue weighted by Gasteiger charge is 2.24. The van der Waals surface area contributed by atoms with Crippen molar-refractivity contribution in [2.75, 3.05) is 19.0 Å². The zero-order valence-electron chi connectivity index (χ0n) is 13.4. The predicted molar refractivity (Wildman–Crippen MR) is 89.0 cm³/mol. The zero-order chi connectivity index (χ0) is 17.4. The van der Waals surface area contributed by atoms with Crippen LogP contribution in [0.2, 0.25) is 0 Å². The first-order valence-corrected chi connectivity index (χ1v) is 7.51. The minimum Gasteiger partial charge on any atom is -0.380 e. The van der Waals surface area contributed by atoms with Gasteiger partial charge >= 0.3 is 0 Å². The normalized spacial score (nSPS) is 13.1. The van der Waals surface area contributed by atoms with Crippen LogP contribution in [-0.4, -0.2) is 41.8 Å². The molecule has 0 bridgehead atoms. The number of hydrogen-bond donors (Lipinski definition) is 4. The zero-order valence-corrected chi connectivity index (χ0v) is 13.4. The Hall–Kier alpha value is -2.71. The quantitative estimate of drug-likeness (QED) is 0.563. The number of carbonyl (C=O) groups excluding carboxylic acids is 2. The van der Waals surface area contributed by atoms with E-state index in [0.717, 1.165) is 0 Å². The molecule has 2 aromatic rings. The van der Waals surface area contributed by atoms with Crippen molar-refractivity contribution in [2.45, 2.75) is 18.6 Å². The van der Waals surface area contributed by atoms with E-state index in [9.17, 15) is 9.59 Å². The van der Waals surface area contributed by atoms with Crippen LogP contribution in [0.5, 0.6) is 0 Å². The lowest BCUT2D eigenvalue weighted by molar-refractivity contribution is -0.128. The highest BCUT2D eigenvalue weighted by molar-refractivity contribution is 5.97. The Morgan fingerprint density at radius 3 is 2.62 bits per heavy atom. The Kier molecular flexibility index (Phi) is 6.47. The number of rotatable bonds is 8. The van der Waals surface area contributed by atoms with Crippen molar-refractivity contribution in [3.8, 4) is 0 Å². The molecule has 0 radical (unpaired) electrons. The van der Waals surface area contributed by atoms with Gasteiger partial charge in [0, 0.05) is 19.7 Å². The third-order valence-corrected chi connectivity index (χ3v) is 3.47. The molecule has 128 valence electrons. The summed E-state index contributed by atoms with van der Waals surface area (Å²) in [4.78, 5) is 24.8. The SMILES string of the molecule is COC(CN)CC(=O)NC(C(=O)Nc1ccn[nH]1)c1ccccc1. The van der Waals surface area contributed by atoms with Crippen LogP contribution >= 0.6 is 0 Å². The van der Waals surface area contributed by atoms with E-state index in [0.29, 0.717) is 11.4 Å². The number of aromatic nitrogens is 2. The van der Waals surface area contributed by atoms with Crippen LogP contribution in [0.25, 0.3) is 0 Å². The van der Waals surface area contributed by atoms with Crippen LogP contribution in [-0.2, 0) is 14.3 Å². The van der Waals surface area contributed by atoms with E-state index in [1.165, 1.54) is 13.3 Å². The van der Waals surface area contributed by atoms with Crippen LogP contribution in [0.1, 0.15) is 18.0 Å². The number of nitrogens with two attached hydrogens (primary N) is 1. The molecule has 2 amide bonds. The van der Waals surface area contributed by atoms with Gasteiger partial charge in [0.05, 0.1) is 18.7 Å². The summed E-state index contributed by atoms with van der Waals surface area (Å²) >= 11 is 0. The summed E-state index contributed by atoms with van der Waals surface area (Å²) < 4.78 is 5.10. The third kappa shape index (κ3) is 4.90. The number of nitrogens with one attached hydrogen (secondary N) is 3. The summed E-state index contributed by atoms with van der Waals surface area (Å²) in [6.45, 7) is 0.222. The van der Waals surface area contributed by atoms with Gasteiger partial charge in [-0.1, -0.05) is 30.3 Å². The fourth-order valence-corrected chi connectivity index (χ4v) is 2.17. The molecule has 8 nitrogen and oxygen atoms in total. The second-order valence-electron chi connectivity index (χ2n) is 5.17. The number of hydrogen-bond acceptors (Lipinski definition) is 5. The molecule has 5 N–H and O–H groups in total. The molecule has 1 heterocycles. The Morgan fingerprint density at radius 2 is 2.04 bits per heavy atom. The van der Waals surface area contributed by atoms with Crippen molar-refractivity contribution in [2.24, 2.45) is 5.73 Å². The molecule has 2 atom stereocenters. The largest absolute Gasteiger partial charge is 0.380 e. The molecule has 0 aliphatic rings. The first-order valence-electron chi connectivity index (χ1n) is 7.51. The van der Waals surface area contributed by atoms with Crippen LogP contribution in [0.15, 0.2) is 42.6 Å². The second kappa shape index (κ2) is 8.80. The number of aromatic amines is 1. The fourth-order valence-electron chi connectivity index (χ4n) is 2.17. The Bertz CT molecular complexity index is 641. The van der Waals surface area contributed by atoms with Gasteiger partial charge in [-0.2, -0.15) is 5.10 Å². The first kappa shape index (κ1) is 17.6. The standard InChI is InChI=1S/C16H21N5O3/c1-24-12(10-17)9-14(22)20-15(11-5-3-2-4-6-11)16(23)19-13-7-8-18-21-13/h2-8,12,15H,9-10,17H2,1H3,(H,20,22)(H2,18,19,21,23). The summed E-state index contributed by atoms with van der Waals surface area (Å²) in [6.07, 6.45) is 1.21.